The minimum Gasteiger partial charge on any atom is -0.207 e. The molecule has 2 aromatic rings. The summed E-state index contributed by atoms with van der Waals surface area (Å²) in [5.41, 5.74) is 3.68. The SMILES string of the molecule is Cc1cc(C(Cl)c2cccc(Br)c2C)ccc1F. The van der Waals surface area contributed by atoms with E-state index in [1.807, 2.05) is 25.1 Å². The predicted molar refractivity (Wildman–Crippen MR) is 77.7 cm³/mol. The zero-order valence-electron chi connectivity index (χ0n) is 10.2. The highest BCUT2D eigenvalue weighted by Gasteiger charge is 2.15. The van der Waals surface area contributed by atoms with E-state index < -0.39 is 0 Å². The van der Waals surface area contributed by atoms with Crippen molar-refractivity contribution in [2.45, 2.75) is 19.2 Å². The fraction of sp³-hybridized carbons (Fsp3) is 0.200. The molecule has 0 fully saturated rings. The fourth-order valence-electron chi connectivity index (χ4n) is 1.90. The minimum atomic E-state index is -0.262. The Morgan fingerprint density at radius 2 is 1.89 bits per heavy atom. The zero-order chi connectivity index (χ0) is 13.3. The summed E-state index contributed by atoms with van der Waals surface area (Å²) in [6.07, 6.45) is 0. The monoisotopic (exact) mass is 326 g/mol. The van der Waals surface area contributed by atoms with E-state index in [4.69, 9.17) is 11.6 Å². The first-order chi connectivity index (χ1) is 8.50. The van der Waals surface area contributed by atoms with Crippen LogP contribution in [0.15, 0.2) is 40.9 Å². The van der Waals surface area contributed by atoms with Crippen LogP contribution < -0.4 is 0 Å². The van der Waals surface area contributed by atoms with Crippen LogP contribution in [-0.4, -0.2) is 0 Å². The summed E-state index contributed by atoms with van der Waals surface area (Å²) in [6.45, 7) is 3.77. The summed E-state index contributed by atoms with van der Waals surface area (Å²) in [5.74, 6) is -0.200. The molecule has 0 saturated carbocycles. The lowest BCUT2D eigenvalue weighted by atomic mass is 9.99. The van der Waals surface area contributed by atoms with Gasteiger partial charge in [0.1, 0.15) is 5.82 Å². The number of halogens is 3. The lowest BCUT2D eigenvalue weighted by molar-refractivity contribution is 0.617. The summed E-state index contributed by atoms with van der Waals surface area (Å²) in [7, 11) is 0. The maximum absolute atomic E-state index is 13.3. The average molecular weight is 328 g/mol. The molecule has 94 valence electrons. The predicted octanol–water partition coefficient (Wildman–Crippen LogP) is 5.53. The second-order valence-electron chi connectivity index (χ2n) is 4.33. The Morgan fingerprint density at radius 1 is 1.17 bits per heavy atom. The normalized spacial score (nSPS) is 12.5. The third-order valence-electron chi connectivity index (χ3n) is 3.06. The van der Waals surface area contributed by atoms with Crippen LogP contribution in [0.5, 0.6) is 0 Å². The molecule has 3 heteroatoms. The van der Waals surface area contributed by atoms with Gasteiger partial charge in [-0.15, -0.1) is 11.6 Å². The van der Waals surface area contributed by atoms with E-state index in [2.05, 4.69) is 15.9 Å². The van der Waals surface area contributed by atoms with Crippen LogP contribution in [0.3, 0.4) is 0 Å². The number of alkyl halides is 1. The van der Waals surface area contributed by atoms with Crippen LogP contribution in [0.1, 0.15) is 27.6 Å². The molecule has 0 N–H and O–H groups in total. The molecule has 0 aliphatic rings. The molecule has 18 heavy (non-hydrogen) atoms. The zero-order valence-corrected chi connectivity index (χ0v) is 12.5. The van der Waals surface area contributed by atoms with Gasteiger partial charge in [-0.25, -0.2) is 4.39 Å². The van der Waals surface area contributed by atoms with Gasteiger partial charge >= 0.3 is 0 Å². The number of aryl methyl sites for hydroxylation is 1. The molecule has 0 aromatic heterocycles. The Balaban J connectivity index is 2.44. The van der Waals surface area contributed by atoms with Crippen molar-refractivity contribution < 1.29 is 4.39 Å². The van der Waals surface area contributed by atoms with Gasteiger partial charge in [0.2, 0.25) is 0 Å². The first kappa shape index (κ1) is 13.6. The molecule has 0 aliphatic heterocycles. The molecule has 0 heterocycles. The maximum atomic E-state index is 13.3. The standard InChI is InChI=1S/C15H13BrClF/c1-9-8-11(6-7-14(9)18)15(17)12-4-3-5-13(16)10(12)2/h3-8,15H,1-2H3. The molecule has 0 amide bonds. The first-order valence-electron chi connectivity index (χ1n) is 5.66. The summed E-state index contributed by atoms with van der Waals surface area (Å²) < 4.78 is 14.3. The van der Waals surface area contributed by atoms with E-state index in [0.717, 1.165) is 21.2 Å². The summed E-state index contributed by atoms with van der Waals surface area (Å²) in [4.78, 5) is 0. The molecule has 0 nitrogen and oxygen atoms in total. The van der Waals surface area contributed by atoms with Crippen molar-refractivity contribution >= 4 is 27.5 Å². The van der Waals surface area contributed by atoms with Gasteiger partial charge in [-0.3, -0.25) is 0 Å². The highest BCUT2D eigenvalue weighted by atomic mass is 79.9. The average Bonchev–Trinajstić information content (AvgIpc) is 2.35. The number of hydrogen-bond donors (Lipinski definition) is 0. The van der Waals surface area contributed by atoms with E-state index >= 15 is 0 Å². The molecule has 0 bridgehead atoms. The topological polar surface area (TPSA) is 0 Å². The molecular formula is C15H13BrClF. The molecule has 2 rings (SSSR count). The van der Waals surface area contributed by atoms with E-state index in [0.29, 0.717) is 5.56 Å². The van der Waals surface area contributed by atoms with Crippen molar-refractivity contribution in [1.82, 2.24) is 0 Å². The van der Waals surface area contributed by atoms with Crippen LogP contribution in [0.25, 0.3) is 0 Å². The Bertz CT molecular complexity index is 581. The largest absolute Gasteiger partial charge is 0.207 e. The van der Waals surface area contributed by atoms with Gasteiger partial charge < -0.3 is 0 Å². The summed E-state index contributed by atoms with van der Waals surface area (Å²) in [5, 5.41) is -0.262. The summed E-state index contributed by atoms with van der Waals surface area (Å²) >= 11 is 9.98. The van der Waals surface area contributed by atoms with Crippen molar-refractivity contribution in [3.05, 3.63) is 68.9 Å². The maximum Gasteiger partial charge on any atom is 0.126 e. The Morgan fingerprint density at radius 3 is 2.56 bits per heavy atom. The summed E-state index contributed by atoms with van der Waals surface area (Å²) in [6, 6.07) is 10.9. The lowest BCUT2D eigenvalue weighted by Crippen LogP contribution is -1.98. The molecule has 0 aliphatic carbocycles. The molecule has 0 radical (unpaired) electrons. The van der Waals surface area contributed by atoms with Gasteiger partial charge in [-0.2, -0.15) is 0 Å². The lowest BCUT2D eigenvalue weighted by Gasteiger charge is -2.15. The molecule has 2 aromatic carbocycles. The first-order valence-corrected chi connectivity index (χ1v) is 6.89. The van der Waals surface area contributed by atoms with Crippen molar-refractivity contribution in [2.24, 2.45) is 0 Å². The highest BCUT2D eigenvalue weighted by molar-refractivity contribution is 9.10. The van der Waals surface area contributed by atoms with Crippen molar-refractivity contribution in [1.29, 1.82) is 0 Å². The van der Waals surface area contributed by atoms with E-state index in [1.165, 1.54) is 6.07 Å². The van der Waals surface area contributed by atoms with Crippen LogP contribution in [-0.2, 0) is 0 Å². The van der Waals surface area contributed by atoms with Gasteiger partial charge in [0.15, 0.2) is 0 Å². The molecule has 0 saturated heterocycles. The second-order valence-corrected chi connectivity index (χ2v) is 5.62. The number of benzene rings is 2. The Hall–Kier alpha value is -0.860. The molecule has 1 unspecified atom stereocenters. The third kappa shape index (κ3) is 2.60. The highest BCUT2D eigenvalue weighted by Crippen LogP contribution is 2.34. The quantitative estimate of drug-likeness (QED) is 0.636. The van der Waals surface area contributed by atoms with Crippen LogP contribution in [0.4, 0.5) is 4.39 Å². The number of hydrogen-bond acceptors (Lipinski definition) is 0. The van der Waals surface area contributed by atoms with Gasteiger partial charge in [0, 0.05) is 4.47 Å². The van der Waals surface area contributed by atoms with Crippen molar-refractivity contribution in [2.75, 3.05) is 0 Å². The minimum absolute atomic E-state index is 0.200. The molecule has 0 spiro atoms. The van der Waals surface area contributed by atoms with Gasteiger partial charge in [-0.05, 0) is 48.2 Å². The molecular weight excluding hydrogens is 315 g/mol. The van der Waals surface area contributed by atoms with E-state index in [1.54, 1.807) is 19.1 Å². The van der Waals surface area contributed by atoms with Crippen molar-refractivity contribution in [3.63, 3.8) is 0 Å². The van der Waals surface area contributed by atoms with Crippen LogP contribution in [0, 0.1) is 19.7 Å². The van der Waals surface area contributed by atoms with E-state index in [-0.39, 0.29) is 11.2 Å². The number of rotatable bonds is 2. The fourth-order valence-corrected chi connectivity index (χ4v) is 2.66. The van der Waals surface area contributed by atoms with Gasteiger partial charge in [0.05, 0.1) is 5.38 Å². The van der Waals surface area contributed by atoms with Gasteiger partial charge in [0.25, 0.3) is 0 Å². The van der Waals surface area contributed by atoms with E-state index in [9.17, 15) is 4.39 Å². The van der Waals surface area contributed by atoms with Crippen molar-refractivity contribution in [3.8, 4) is 0 Å². The smallest absolute Gasteiger partial charge is 0.126 e. The third-order valence-corrected chi connectivity index (χ3v) is 4.40. The van der Waals surface area contributed by atoms with Crippen LogP contribution >= 0.6 is 27.5 Å². The Kier molecular flexibility index (Phi) is 4.08. The molecule has 1 atom stereocenters. The van der Waals surface area contributed by atoms with Crippen LogP contribution in [0.2, 0.25) is 0 Å². The van der Waals surface area contributed by atoms with Gasteiger partial charge in [-0.1, -0.05) is 40.2 Å². The second kappa shape index (κ2) is 5.41. The Labute approximate surface area is 120 Å².